The lowest BCUT2D eigenvalue weighted by Gasteiger charge is -2.23. The fourth-order valence-electron chi connectivity index (χ4n) is 2.66. The first-order valence-corrected chi connectivity index (χ1v) is 7.86. The molecule has 9 heteroatoms. The standard InChI is InChI=1S/C16H17F2N5O2/c17-10-5-9(6-11(18)7-10)15(24)22-13-8-20-23-14(13)16(25)21-12-1-3-19-4-2-12/h5-8,12,19H,1-4H2,(H,20,23)(H,21,25)(H,22,24). The van der Waals surface area contributed by atoms with Gasteiger partial charge in [0.25, 0.3) is 11.8 Å². The number of aromatic nitrogens is 2. The van der Waals surface area contributed by atoms with Crippen LogP contribution in [0.4, 0.5) is 14.5 Å². The van der Waals surface area contributed by atoms with Gasteiger partial charge in [-0.25, -0.2) is 8.78 Å². The van der Waals surface area contributed by atoms with Crippen LogP contribution < -0.4 is 16.0 Å². The Morgan fingerprint density at radius 2 is 1.76 bits per heavy atom. The van der Waals surface area contributed by atoms with Gasteiger partial charge in [-0.1, -0.05) is 0 Å². The molecule has 3 rings (SSSR count). The van der Waals surface area contributed by atoms with Crippen LogP contribution in [0.3, 0.4) is 0 Å². The van der Waals surface area contributed by atoms with Crippen molar-refractivity contribution in [1.82, 2.24) is 20.8 Å². The summed E-state index contributed by atoms with van der Waals surface area (Å²) in [5.41, 5.74) is -0.0340. The molecule has 1 fully saturated rings. The summed E-state index contributed by atoms with van der Waals surface area (Å²) >= 11 is 0. The molecule has 7 nitrogen and oxygen atoms in total. The Morgan fingerprint density at radius 3 is 2.44 bits per heavy atom. The molecule has 0 saturated carbocycles. The quantitative estimate of drug-likeness (QED) is 0.671. The van der Waals surface area contributed by atoms with Crippen molar-refractivity contribution in [3.63, 3.8) is 0 Å². The summed E-state index contributed by atoms with van der Waals surface area (Å²) in [6.45, 7) is 1.64. The zero-order valence-corrected chi connectivity index (χ0v) is 13.2. The van der Waals surface area contributed by atoms with Crippen LogP contribution in [0, 0.1) is 11.6 Å². The molecule has 0 atom stereocenters. The number of nitrogens with one attached hydrogen (secondary N) is 4. The first-order chi connectivity index (χ1) is 12.0. The number of piperidine rings is 1. The number of carbonyl (C=O) groups excluding carboxylic acids is 2. The Kier molecular flexibility index (Phi) is 5.03. The zero-order valence-electron chi connectivity index (χ0n) is 13.2. The van der Waals surface area contributed by atoms with E-state index in [9.17, 15) is 18.4 Å². The summed E-state index contributed by atoms with van der Waals surface area (Å²) in [5.74, 6) is -2.88. The average molecular weight is 349 g/mol. The van der Waals surface area contributed by atoms with Gasteiger partial charge in [0.15, 0.2) is 5.69 Å². The van der Waals surface area contributed by atoms with Crippen molar-refractivity contribution in [1.29, 1.82) is 0 Å². The van der Waals surface area contributed by atoms with E-state index in [1.54, 1.807) is 0 Å². The highest BCUT2D eigenvalue weighted by molar-refractivity contribution is 6.08. The highest BCUT2D eigenvalue weighted by Gasteiger charge is 2.21. The lowest BCUT2D eigenvalue weighted by atomic mass is 10.1. The second-order valence-corrected chi connectivity index (χ2v) is 5.76. The number of rotatable bonds is 4. The highest BCUT2D eigenvalue weighted by atomic mass is 19.1. The van der Waals surface area contributed by atoms with Gasteiger partial charge in [-0.2, -0.15) is 5.10 Å². The minimum atomic E-state index is -0.860. The summed E-state index contributed by atoms with van der Waals surface area (Å²) in [5, 5.41) is 14.9. The molecule has 1 saturated heterocycles. The predicted molar refractivity (Wildman–Crippen MR) is 86.3 cm³/mol. The van der Waals surface area contributed by atoms with Crippen molar-refractivity contribution >= 4 is 17.5 Å². The van der Waals surface area contributed by atoms with E-state index in [2.05, 4.69) is 26.1 Å². The largest absolute Gasteiger partial charge is 0.348 e. The maximum absolute atomic E-state index is 13.2. The smallest absolute Gasteiger partial charge is 0.274 e. The minimum Gasteiger partial charge on any atom is -0.348 e. The van der Waals surface area contributed by atoms with E-state index in [0.29, 0.717) is 6.07 Å². The van der Waals surface area contributed by atoms with Crippen molar-refractivity contribution in [3.8, 4) is 0 Å². The number of benzene rings is 1. The third kappa shape index (κ3) is 4.18. The Hall–Kier alpha value is -2.81. The molecule has 4 N–H and O–H groups in total. The third-order valence-electron chi connectivity index (χ3n) is 3.90. The number of hydrogen-bond acceptors (Lipinski definition) is 4. The maximum atomic E-state index is 13.2. The lowest BCUT2D eigenvalue weighted by Crippen LogP contribution is -2.43. The van der Waals surface area contributed by atoms with E-state index in [4.69, 9.17) is 0 Å². The zero-order chi connectivity index (χ0) is 17.8. The molecule has 1 aliphatic rings. The van der Waals surface area contributed by atoms with Crippen LogP contribution in [0.25, 0.3) is 0 Å². The fraction of sp³-hybridized carbons (Fsp3) is 0.312. The van der Waals surface area contributed by atoms with Gasteiger partial charge in [-0.15, -0.1) is 0 Å². The van der Waals surface area contributed by atoms with E-state index in [0.717, 1.165) is 38.1 Å². The van der Waals surface area contributed by atoms with E-state index < -0.39 is 23.4 Å². The molecule has 25 heavy (non-hydrogen) atoms. The van der Waals surface area contributed by atoms with Gasteiger partial charge in [0.05, 0.1) is 5.69 Å². The molecular formula is C16H17F2N5O2. The summed E-state index contributed by atoms with van der Waals surface area (Å²) in [7, 11) is 0. The van der Waals surface area contributed by atoms with Crippen LogP contribution in [0.5, 0.6) is 0 Å². The van der Waals surface area contributed by atoms with Crippen molar-refractivity contribution in [2.24, 2.45) is 0 Å². The van der Waals surface area contributed by atoms with Crippen LogP contribution in [0.1, 0.15) is 33.7 Å². The molecule has 2 amide bonds. The second-order valence-electron chi connectivity index (χ2n) is 5.76. The second kappa shape index (κ2) is 7.39. The van der Waals surface area contributed by atoms with Gasteiger partial charge in [-0.3, -0.25) is 14.7 Å². The molecule has 1 aliphatic heterocycles. The van der Waals surface area contributed by atoms with Crippen LogP contribution in [-0.2, 0) is 0 Å². The van der Waals surface area contributed by atoms with Gasteiger partial charge < -0.3 is 16.0 Å². The molecular weight excluding hydrogens is 332 g/mol. The molecule has 0 aliphatic carbocycles. The monoisotopic (exact) mass is 349 g/mol. The number of aromatic amines is 1. The number of nitrogens with zero attached hydrogens (tertiary/aromatic N) is 1. The van der Waals surface area contributed by atoms with Crippen LogP contribution in [-0.4, -0.2) is 41.1 Å². The summed E-state index contributed by atoms with van der Waals surface area (Å²) < 4.78 is 26.5. The van der Waals surface area contributed by atoms with E-state index in [1.807, 2.05) is 0 Å². The van der Waals surface area contributed by atoms with Crippen molar-refractivity contribution in [2.45, 2.75) is 18.9 Å². The highest BCUT2D eigenvalue weighted by Crippen LogP contribution is 2.16. The van der Waals surface area contributed by atoms with Gasteiger partial charge in [0.1, 0.15) is 11.6 Å². The number of halogens is 2. The molecule has 132 valence electrons. The van der Waals surface area contributed by atoms with E-state index >= 15 is 0 Å². The van der Waals surface area contributed by atoms with Crippen LogP contribution in [0.2, 0.25) is 0 Å². The molecule has 1 aromatic heterocycles. The minimum absolute atomic E-state index is 0.0174. The van der Waals surface area contributed by atoms with Gasteiger partial charge in [0, 0.05) is 23.9 Å². The summed E-state index contributed by atoms with van der Waals surface area (Å²) in [4.78, 5) is 24.5. The average Bonchev–Trinajstić information content (AvgIpc) is 3.03. The maximum Gasteiger partial charge on any atom is 0.274 e. The van der Waals surface area contributed by atoms with Crippen LogP contribution >= 0.6 is 0 Å². The SMILES string of the molecule is O=C(Nc1c[nH]nc1C(=O)NC1CCNCC1)c1cc(F)cc(F)c1. The number of hydrogen-bond donors (Lipinski definition) is 4. The molecule has 2 heterocycles. The van der Waals surface area contributed by atoms with Gasteiger partial charge >= 0.3 is 0 Å². The fourth-order valence-corrected chi connectivity index (χ4v) is 2.66. The number of anilines is 1. The number of amides is 2. The van der Waals surface area contributed by atoms with Crippen molar-refractivity contribution < 1.29 is 18.4 Å². The molecule has 1 aromatic carbocycles. The normalized spacial score (nSPS) is 15.0. The predicted octanol–water partition coefficient (Wildman–Crippen LogP) is 1.42. The Morgan fingerprint density at radius 1 is 1.08 bits per heavy atom. The summed E-state index contributed by atoms with van der Waals surface area (Å²) in [6, 6.07) is 2.53. The van der Waals surface area contributed by atoms with Crippen molar-refractivity contribution in [2.75, 3.05) is 18.4 Å². The topological polar surface area (TPSA) is 98.9 Å². The van der Waals surface area contributed by atoms with Crippen molar-refractivity contribution in [3.05, 3.63) is 47.3 Å². The van der Waals surface area contributed by atoms with Gasteiger partial charge in [-0.05, 0) is 38.1 Å². The Bertz CT molecular complexity index is 766. The van der Waals surface area contributed by atoms with Crippen LogP contribution in [0.15, 0.2) is 24.4 Å². The first kappa shape index (κ1) is 17.0. The molecule has 2 aromatic rings. The third-order valence-corrected chi connectivity index (χ3v) is 3.90. The molecule has 0 unspecified atom stereocenters. The molecule has 0 spiro atoms. The molecule has 0 radical (unpaired) electrons. The Balaban J connectivity index is 1.70. The number of carbonyl (C=O) groups is 2. The number of H-pyrrole nitrogens is 1. The first-order valence-electron chi connectivity index (χ1n) is 7.86. The lowest BCUT2D eigenvalue weighted by molar-refractivity contribution is 0.0925. The van der Waals surface area contributed by atoms with Gasteiger partial charge in [0.2, 0.25) is 0 Å². The summed E-state index contributed by atoms with van der Waals surface area (Å²) in [6.07, 6.45) is 2.95. The Labute approximate surface area is 142 Å². The van der Waals surface area contributed by atoms with E-state index in [1.165, 1.54) is 6.20 Å². The van der Waals surface area contributed by atoms with E-state index in [-0.39, 0.29) is 23.0 Å². The molecule has 0 bridgehead atoms.